The van der Waals surface area contributed by atoms with E-state index in [0.29, 0.717) is 0 Å². The Hall–Kier alpha value is -0.570. The molecule has 2 nitrogen and oxygen atoms in total. The molecule has 0 amide bonds. The first-order valence-electron chi connectivity index (χ1n) is 5.53. The zero-order chi connectivity index (χ0) is 10.7. The minimum atomic E-state index is 0.859. The summed E-state index contributed by atoms with van der Waals surface area (Å²) in [5, 5.41) is 1.13. The Kier molecular flexibility index (Phi) is 3.62. The summed E-state index contributed by atoms with van der Waals surface area (Å²) in [5.74, 6) is 0.859. The first-order chi connectivity index (χ1) is 7.29. The van der Waals surface area contributed by atoms with E-state index in [2.05, 4.69) is 44.9 Å². The number of alkyl halides is 1. The predicted octanol–water partition coefficient (Wildman–Crippen LogP) is 3.00. The molecule has 1 aromatic heterocycles. The Labute approximate surface area is 99.8 Å². The lowest BCUT2D eigenvalue weighted by atomic mass is 10.1. The van der Waals surface area contributed by atoms with E-state index < -0.39 is 0 Å². The van der Waals surface area contributed by atoms with Crippen molar-refractivity contribution in [2.45, 2.75) is 19.8 Å². The fraction of sp³-hybridized carbons (Fsp3) is 0.583. The smallest absolute Gasteiger partial charge is 0.0399 e. The molecular weight excluding hydrogens is 252 g/mol. The predicted molar refractivity (Wildman–Crippen MR) is 67.7 cm³/mol. The van der Waals surface area contributed by atoms with Crippen LogP contribution in [0.2, 0.25) is 0 Å². The normalized spacial score (nSPS) is 20.9. The Morgan fingerprint density at radius 1 is 1.60 bits per heavy atom. The van der Waals surface area contributed by atoms with Gasteiger partial charge in [-0.25, -0.2) is 0 Å². The average molecular weight is 269 g/mol. The summed E-state index contributed by atoms with van der Waals surface area (Å²) < 4.78 is 0. The topological polar surface area (TPSA) is 16.1 Å². The van der Waals surface area contributed by atoms with Crippen LogP contribution in [0.25, 0.3) is 0 Å². The minimum absolute atomic E-state index is 0.859. The lowest BCUT2D eigenvalue weighted by Gasteiger charge is -2.18. The van der Waals surface area contributed by atoms with Gasteiger partial charge in [0.15, 0.2) is 0 Å². The molecule has 1 saturated heterocycles. The second kappa shape index (κ2) is 4.97. The lowest BCUT2D eigenvalue weighted by Crippen LogP contribution is -2.19. The van der Waals surface area contributed by atoms with Crippen LogP contribution in [0.15, 0.2) is 18.3 Å². The van der Waals surface area contributed by atoms with E-state index in [1.54, 1.807) is 0 Å². The van der Waals surface area contributed by atoms with E-state index in [1.165, 1.54) is 31.6 Å². The van der Waals surface area contributed by atoms with Gasteiger partial charge in [0.05, 0.1) is 0 Å². The highest BCUT2D eigenvalue weighted by molar-refractivity contribution is 9.09. The molecule has 0 radical (unpaired) electrons. The molecule has 0 aliphatic carbocycles. The molecule has 82 valence electrons. The zero-order valence-electron chi connectivity index (χ0n) is 9.12. The summed E-state index contributed by atoms with van der Waals surface area (Å²) in [6.45, 7) is 4.45. The van der Waals surface area contributed by atoms with Crippen molar-refractivity contribution in [1.82, 2.24) is 4.98 Å². The fourth-order valence-electron chi connectivity index (χ4n) is 2.18. The third-order valence-corrected chi connectivity index (χ3v) is 3.51. The van der Waals surface area contributed by atoms with Crippen molar-refractivity contribution < 1.29 is 0 Å². The molecule has 1 unspecified atom stereocenters. The number of rotatable bonds is 3. The van der Waals surface area contributed by atoms with Crippen molar-refractivity contribution >= 4 is 21.6 Å². The third-order valence-electron chi connectivity index (χ3n) is 3.05. The molecule has 0 bridgehead atoms. The van der Waals surface area contributed by atoms with Gasteiger partial charge in [-0.1, -0.05) is 15.9 Å². The number of nitrogens with zero attached hydrogens (tertiary/aromatic N) is 2. The van der Waals surface area contributed by atoms with Crippen molar-refractivity contribution in [3.63, 3.8) is 0 Å². The summed E-state index contributed by atoms with van der Waals surface area (Å²) in [6.07, 6.45) is 4.52. The van der Waals surface area contributed by atoms with Crippen LogP contribution in [0.5, 0.6) is 0 Å². The molecule has 0 N–H and O–H groups in total. The van der Waals surface area contributed by atoms with Gasteiger partial charge in [-0.3, -0.25) is 4.98 Å². The van der Waals surface area contributed by atoms with Gasteiger partial charge in [0.25, 0.3) is 0 Å². The van der Waals surface area contributed by atoms with Gasteiger partial charge in [-0.05, 0) is 37.8 Å². The molecular formula is C12H17BrN2. The van der Waals surface area contributed by atoms with E-state index >= 15 is 0 Å². The van der Waals surface area contributed by atoms with Crippen LogP contribution in [0.3, 0.4) is 0 Å². The average Bonchev–Trinajstić information content (AvgIpc) is 2.67. The summed E-state index contributed by atoms with van der Waals surface area (Å²) >= 11 is 3.52. The maximum absolute atomic E-state index is 4.23. The fourth-order valence-corrected chi connectivity index (χ4v) is 2.83. The standard InChI is InChI=1S/C12H17BrN2/c1-10-8-12(3-6-14-10)15-7-4-11(9-15)2-5-13/h3,6,8,11H,2,4-5,7,9H2,1H3. The van der Waals surface area contributed by atoms with Crippen LogP contribution in [0.1, 0.15) is 18.5 Å². The SMILES string of the molecule is Cc1cc(N2CCC(CCBr)C2)ccn1. The van der Waals surface area contributed by atoms with Crippen LogP contribution in [-0.4, -0.2) is 23.4 Å². The Morgan fingerprint density at radius 2 is 2.47 bits per heavy atom. The largest absolute Gasteiger partial charge is 0.371 e. The monoisotopic (exact) mass is 268 g/mol. The summed E-state index contributed by atoms with van der Waals surface area (Å²) in [4.78, 5) is 6.71. The van der Waals surface area contributed by atoms with Crippen LogP contribution in [-0.2, 0) is 0 Å². The number of aryl methyl sites for hydroxylation is 1. The van der Waals surface area contributed by atoms with Gasteiger partial charge in [0, 0.05) is 36.0 Å². The van der Waals surface area contributed by atoms with Crippen molar-refractivity contribution in [3.8, 4) is 0 Å². The first kappa shape index (κ1) is 10.9. The highest BCUT2D eigenvalue weighted by Gasteiger charge is 2.21. The van der Waals surface area contributed by atoms with Crippen LogP contribution in [0.4, 0.5) is 5.69 Å². The van der Waals surface area contributed by atoms with Crippen LogP contribution >= 0.6 is 15.9 Å². The van der Waals surface area contributed by atoms with Crippen molar-refractivity contribution in [1.29, 1.82) is 0 Å². The highest BCUT2D eigenvalue weighted by atomic mass is 79.9. The molecule has 15 heavy (non-hydrogen) atoms. The van der Waals surface area contributed by atoms with E-state index in [1.807, 2.05) is 6.20 Å². The van der Waals surface area contributed by atoms with Gasteiger partial charge in [-0.15, -0.1) is 0 Å². The summed E-state index contributed by atoms with van der Waals surface area (Å²) in [6, 6.07) is 4.29. The quantitative estimate of drug-likeness (QED) is 0.784. The maximum Gasteiger partial charge on any atom is 0.0399 e. The van der Waals surface area contributed by atoms with Gasteiger partial charge in [-0.2, -0.15) is 0 Å². The number of pyridine rings is 1. The van der Waals surface area contributed by atoms with Gasteiger partial charge in [0.2, 0.25) is 0 Å². The Bertz CT molecular complexity index is 327. The number of aromatic nitrogens is 1. The van der Waals surface area contributed by atoms with E-state index in [-0.39, 0.29) is 0 Å². The molecule has 1 fully saturated rings. The number of halogens is 1. The summed E-state index contributed by atoms with van der Waals surface area (Å²) in [5.41, 5.74) is 2.44. The summed E-state index contributed by atoms with van der Waals surface area (Å²) in [7, 11) is 0. The molecule has 2 rings (SSSR count). The Morgan fingerprint density at radius 3 is 3.20 bits per heavy atom. The molecule has 0 spiro atoms. The first-order valence-corrected chi connectivity index (χ1v) is 6.65. The third kappa shape index (κ3) is 2.71. The number of anilines is 1. The molecule has 1 aromatic rings. The second-order valence-corrected chi connectivity index (χ2v) is 5.03. The molecule has 3 heteroatoms. The molecule has 1 aliphatic rings. The maximum atomic E-state index is 4.23. The van der Waals surface area contributed by atoms with Crippen molar-refractivity contribution in [3.05, 3.63) is 24.0 Å². The molecule has 1 atom stereocenters. The molecule has 1 aliphatic heterocycles. The van der Waals surface area contributed by atoms with Crippen molar-refractivity contribution in [2.24, 2.45) is 5.92 Å². The van der Waals surface area contributed by atoms with Gasteiger partial charge >= 0.3 is 0 Å². The van der Waals surface area contributed by atoms with Gasteiger partial charge in [0.1, 0.15) is 0 Å². The molecule has 0 aromatic carbocycles. The molecule has 2 heterocycles. The second-order valence-electron chi connectivity index (χ2n) is 4.23. The minimum Gasteiger partial charge on any atom is -0.371 e. The number of hydrogen-bond donors (Lipinski definition) is 0. The van der Waals surface area contributed by atoms with E-state index in [4.69, 9.17) is 0 Å². The van der Waals surface area contributed by atoms with Crippen LogP contribution in [0, 0.1) is 12.8 Å². The van der Waals surface area contributed by atoms with E-state index in [0.717, 1.165) is 16.9 Å². The highest BCUT2D eigenvalue weighted by Crippen LogP contribution is 2.25. The number of hydrogen-bond acceptors (Lipinski definition) is 2. The van der Waals surface area contributed by atoms with Crippen LogP contribution < -0.4 is 4.90 Å². The van der Waals surface area contributed by atoms with Gasteiger partial charge < -0.3 is 4.90 Å². The van der Waals surface area contributed by atoms with Crippen molar-refractivity contribution in [2.75, 3.05) is 23.3 Å². The van der Waals surface area contributed by atoms with E-state index in [9.17, 15) is 0 Å². The molecule has 0 saturated carbocycles. The zero-order valence-corrected chi connectivity index (χ0v) is 10.7. The Balaban J connectivity index is 2.01. The lowest BCUT2D eigenvalue weighted by molar-refractivity contribution is 0.576.